The summed E-state index contributed by atoms with van der Waals surface area (Å²) < 4.78 is 10.6. The molecule has 8 N–H and O–H groups in total. The Morgan fingerprint density at radius 1 is 1.30 bits per heavy atom. The fourth-order valence-corrected chi connectivity index (χ4v) is 3.50. The van der Waals surface area contributed by atoms with E-state index < -0.39 is 54.0 Å². The van der Waals surface area contributed by atoms with Crippen LogP contribution in [0.1, 0.15) is 31.7 Å². The van der Waals surface area contributed by atoms with Gasteiger partial charge in [0.2, 0.25) is 5.54 Å². The molecular formula is C20H30N2O8. The fourth-order valence-electron chi connectivity index (χ4n) is 3.50. The molecule has 0 radical (unpaired) electrons. The van der Waals surface area contributed by atoms with E-state index in [1.807, 2.05) is 0 Å². The molecule has 0 aromatic heterocycles. The zero-order valence-electron chi connectivity index (χ0n) is 16.8. The quantitative estimate of drug-likeness (QED) is 0.198. The molecule has 0 spiro atoms. The van der Waals surface area contributed by atoms with E-state index in [2.05, 4.69) is 0 Å². The van der Waals surface area contributed by atoms with Gasteiger partial charge >= 0.3 is 11.9 Å². The van der Waals surface area contributed by atoms with E-state index in [0.717, 1.165) is 0 Å². The van der Waals surface area contributed by atoms with Crippen molar-refractivity contribution < 1.29 is 39.5 Å². The summed E-state index contributed by atoms with van der Waals surface area (Å²) in [7, 11) is 0. The second kappa shape index (κ2) is 9.82. The van der Waals surface area contributed by atoms with Gasteiger partial charge in [-0.1, -0.05) is 30.3 Å². The summed E-state index contributed by atoms with van der Waals surface area (Å²) in [5.74, 6) is -2.58. The molecule has 1 heterocycles. The molecule has 30 heavy (non-hydrogen) atoms. The van der Waals surface area contributed by atoms with Crippen LogP contribution < -0.4 is 11.5 Å². The zero-order chi connectivity index (χ0) is 22.5. The molecule has 10 heteroatoms. The van der Waals surface area contributed by atoms with E-state index in [-0.39, 0.29) is 25.9 Å². The maximum Gasteiger partial charge on any atom is 0.338 e. The maximum absolute atomic E-state index is 12.4. The molecule has 2 rings (SSSR count). The van der Waals surface area contributed by atoms with Crippen molar-refractivity contribution in [2.45, 2.75) is 68.3 Å². The van der Waals surface area contributed by atoms with Crippen LogP contribution in [0.2, 0.25) is 0 Å². The van der Waals surface area contributed by atoms with Crippen LogP contribution in [0.4, 0.5) is 0 Å². The topological polar surface area (TPSA) is 186 Å². The number of aliphatic hydroxyl groups is 3. The minimum atomic E-state index is -2.25. The van der Waals surface area contributed by atoms with Gasteiger partial charge < -0.3 is 41.4 Å². The Balaban J connectivity index is 1.95. The van der Waals surface area contributed by atoms with Gasteiger partial charge in [-0.2, -0.15) is 0 Å². The molecule has 1 aromatic rings. The summed E-state index contributed by atoms with van der Waals surface area (Å²) in [5, 5.41) is 38.9. The first-order valence-corrected chi connectivity index (χ1v) is 9.70. The molecule has 10 nitrogen and oxygen atoms in total. The number of carboxylic acids is 1. The molecule has 0 aliphatic carbocycles. The lowest BCUT2D eigenvalue weighted by Gasteiger charge is -2.34. The van der Waals surface area contributed by atoms with Crippen molar-refractivity contribution in [1.29, 1.82) is 0 Å². The van der Waals surface area contributed by atoms with Gasteiger partial charge in [0.25, 0.3) is 0 Å². The number of nitrogens with two attached hydrogens (primary N) is 2. The Morgan fingerprint density at radius 2 is 1.93 bits per heavy atom. The number of esters is 1. The highest BCUT2D eigenvalue weighted by Gasteiger charge is 2.54. The lowest BCUT2D eigenvalue weighted by Crippen LogP contribution is -2.56. The van der Waals surface area contributed by atoms with E-state index in [1.165, 1.54) is 6.92 Å². The molecule has 0 bridgehead atoms. The van der Waals surface area contributed by atoms with Gasteiger partial charge in [-0.05, 0) is 31.7 Å². The predicted octanol–water partition coefficient (Wildman–Crippen LogP) is -1.12. The van der Waals surface area contributed by atoms with E-state index in [0.29, 0.717) is 5.56 Å². The van der Waals surface area contributed by atoms with Crippen molar-refractivity contribution in [2.24, 2.45) is 11.5 Å². The first-order valence-electron chi connectivity index (χ1n) is 9.70. The summed E-state index contributed by atoms with van der Waals surface area (Å²) in [5.41, 5.74) is 9.06. The second-order valence-corrected chi connectivity index (χ2v) is 7.80. The maximum atomic E-state index is 12.4. The smallest absolute Gasteiger partial charge is 0.338 e. The number of carbonyl (C=O) groups excluding carboxylic acids is 1. The van der Waals surface area contributed by atoms with Gasteiger partial charge in [0.05, 0.1) is 6.61 Å². The van der Waals surface area contributed by atoms with E-state index in [1.54, 1.807) is 30.3 Å². The highest BCUT2D eigenvalue weighted by atomic mass is 16.6. The predicted molar refractivity (Wildman–Crippen MR) is 105 cm³/mol. The Labute approximate surface area is 174 Å². The van der Waals surface area contributed by atoms with Gasteiger partial charge in [0.1, 0.15) is 30.5 Å². The van der Waals surface area contributed by atoms with Crippen LogP contribution in [0.15, 0.2) is 30.3 Å². The Hall–Kier alpha value is -2.08. The number of aliphatic hydroxyl groups excluding tert-OH is 3. The number of aliphatic carboxylic acids is 1. The summed E-state index contributed by atoms with van der Waals surface area (Å²) in [6.45, 7) is 0.908. The molecule has 1 aliphatic rings. The molecule has 1 fully saturated rings. The van der Waals surface area contributed by atoms with E-state index in [9.17, 15) is 30.0 Å². The number of hydrogen-bond acceptors (Lipinski definition) is 9. The highest BCUT2D eigenvalue weighted by molar-refractivity contribution is 6.03. The monoisotopic (exact) mass is 426 g/mol. The van der Waals surface area contributed by atoms with Crippen molar-refractivity contribution in [3.05, 3.63) is 35.9 Å². The van der Waals surface area contributed by atoms with Crippen LogP contribution in [-0.2, 0) is 25.7 Å². The number of benzene rings is 1. The van der Waals surface area contributed by atoms with Crippen LogP contribution in [-0.4, -0.2) is 74.5 Å². The first-order chi connectivity index (χ1) is 14.1. The van der Waals surface area contributed by atoms with E-state index >= 15 is 0 Å². The molecule has 6 atom stereocenters. The largest absolute Gasteiger partial charge is 0.479 e. The minimum absolute atomic E-state index is 0.107. The number of rotatable bonds is 10. The number of ether oxygens (including phenoxy) is 2. The Kier molecular flexibility index (Phi) is 7.92. The lowest BCUT2D eigenvalue weighted by molar-refractivity contribution is -0.162. The van der Waals surface area contributed by atoms with Crippen molar-refractivity contribution in [2.75, 3.05) is 6.61 Å². The second-order valence-electron chi connectivity index (χ2n) is 7.80. The third-order valence-corrected chi connectivity index (χ3v) is 5.66. The third kappa shape index (κ3) is 4.97. The summed E-state index contributed by atoms with van der Waals surface area (Å²) >= 11 is 0. The van der Waals surface area contributed by atoms with Gasteiger partial charge in [0, 0.05) is 6.04 Å². The number of carbonyl (C=O) groups is 2. The summed E-state index contributed by atoms with van der Waals surface area (Å²) in [4.78, 5) is 24.0. The minimum Gasteiger partial charge on any atom is -0.479 e. The van der Waals surface area contributed by atoms with Crippen molar-refractivity contribution in [3.8, 4) is 0 Å². The van der Waals surface area contributed by atoms with Gasteiger partial charge in [0.15, 0.2) is 0 Å². The number of hydrogen-bond donors (Lipinski definition) is 6. The first kappa shape index (κ1) is 24.2. The lowest BCUT2D eigenvalue weighted by atomic mass is 9.84. The van der Waals surface area contributed by atoms with Crippen LogP contribution in [0.5, 0.6) is 0 Å². The van der Waals surface area contributed by atoms with Crippen molar-refractivity contribution >= 4 is 11.9 Å². The molecule has 1 saturated heterocycles. The van der Waals surface area contributed by atoms with Crippen LogP contribution in [0, 0.1) is 0 Å². The zero-order valence-corrected chi connectivity index (χ0v) is 16.8. The van der Waals surface area contributed by atoms with Crippen molar-refractivity contribution in [1.82, 2.24) is 0 Å². The van der Waals surface area contributed by atoms with E-state index in [4.69, 9.17) is 20.9 Å². The molecule has 1 aliphatic heterocycles. The van der Waals surface area contributed by atoms with Gasteiger partial charge in [-0.15, -0.1) is 0 Å². The standard InChI is InChI=1S/C20H30N2O8/c1-19(16(25)15(24)13(10-23)30-19)14(21)8-5-9-20(22,17(26)27)18(28)29-11-12-6-3-2-4-7-12/h2-4,6-7,13-16,23-25H,5,8-11,21-22H2,1H3,(H,26,27)/t13-,14-,15-,16+,19?,20+/m1/s1. The summed E-state index contributed by atoms with van der Waals surface area (Å²) in [6.07, 6.45) is -3.58. The van der Waals surface area contributed by atoms with Crippen LogP contribution in [0.3, 0.4) is 0 Å². The summed E-state index contributed by atoms with van der Waals surface area (Å²) in [6, 6.07) is 7.97. The molecule has 168 valence electrons. The molecule has 1 aromatic carbocycles. The fraction of sp³-hybridized carbons (Fsp3) is 0.600. The molecule has 1 unspecified atom stereocenters. The average molecular weight is 426 g/mol. The van der Waals surface area contributed by atoms with Crippen LogP contribution in [0.25, 0.3) is 0 Å². The number of carboxylic acid groups (broad SMARTS) is 1. The Bertz CT molecular complexity index is 733. The SMILES string of the molecule is CC1([C@H](N)CCC[C@](N)(C(=O)O)C(=O)OCc2ccccc2)O[C@H](CO)[C@@H](O)[C@@H]1O. The normalized spacial score (nSPS) is 29.2. The molecular weight excluding hydrogens is 396 g/mol. The van der Waals surface area contributed by atoms with Gasteiger partial charge in [-0.3, -0.25) is 0 Å². The Morgan fingerprint density at radius 3 is 2.47 bits per heavy atom. The van der Waals surface area contributed by atoms with Gasteiger partial charge in [-0.25, -0.2) is 9.59 Å². The molecule has 0 saturated carbocycles. The highest BCUT2D eigenvalue weighted by Crippen LogP contribution is 2.35. The third-order valence-electron chi connectivity index (χ3n) is 5.66. The van der Waals surface area contributed by atoms with Crippen LogP contribution >= 0.6 is 0 Å². The average Bonchev–Trinajstić information content (AvgIpc) is 2.96. The molecule has 0 amide bonds. The van der Waals surface area contributed by atoms with Crippen molar-refractivity contribution in [3.63, 3.8) is 0 Å².